The Morgan fingerprint density at radius 1 is 1.08 bits per heavy atom. The van der Waals surface area contributed by atoms with Crippen LogP contribution in [0.15, 0.2) is 64.5 Å². The molecule has 1 unspecified atom stereocenters. The molecule has 1 fully saturated rings. The van der Waals surface area contributed by atoms with E-state index < -0.39 is 28.1 Å². The zero-order valence-electron chi connectivity index (χ0n) is 22.2. The van der Waals surface area contributed by atoms with Crippen LogP contribution in [0.2, 0.25) is 0 Å². The second kappa shape index (κ2) is 16.4. The van der Waals surface area contributed by atoms with Crippen LogP contribution in [0.5, 0.6) is 0 Å². The number of nitrogens with two attached hydrogens (primary N) is 2. The van der Waals surface area contributed by atoms with Gasteiger partial charge in [-0.1, -0.05) is 67.3 Å². The SMILES string of the molecule is Cc1ccc(S(=O)(=O)NC(N)=NCCCC(NC(=O)OCc2ccccc2)C(=O)O)cc1.NC1CCCCC1. The Labute approximate surface area is 230 Å². The van der Waals surface area contributed by atoms with E-state index in [1.807, 2.05) is 13.0 Å². The van der Waals surface area contributed by atoms with Crippen LogP contribution in [0.25, 0.3) is 0 Å². The molecule has 39 heavy (non-hydrogen) atoms. The maximum Gasteiger partial charge on any atom is 0.408 e. The van der Waals surface area contributed by atoms with Crippen LogP contribution in [0.1, 0.15) is 56.1 Å². The van der Waals surface area contributed by atoms with Gasteiger partial charge in [0, 0.05) is 12.6 Å². The summed E-state index contributed by atoms with van der Waals surface area (Å²) in [5.41, 5.74) is 13.0. The van der Waals surface area contributed by atoms with Crippen molar-refractivity contribution in [1.82, 2.24) is 10.0 Å². The van der Waals surface area contributed by atoms with Crippen LogP contribution in [-0.4, -0.2) is 50.2 Å². The lowest BCUT2D eigenvalue weighted by Crippen LogP contribution is -2.41. The average molecular weight is 562 g/mol. The zero-order valence-corrected chi connectivity index (χ0v) is 23.0. The normalized spacial score (nSPS) is 14.9. The molecule has 7 N–H and O–H groups in total. The first-order valence-electron chi connectivity index (χ1n) is 12.9. The van der Waals surface area contributed by atoms with Crippen molar-refractivity contribution in [3.05, 3.63) is 65.7 Å². The highest BCUT2D eigenvalue weighted by atomic mass is 32.2. The Balaban J connectivity index is 0.000000658. The Morgan fingerprint density at radius 3 is 2.28 bits per heavy atom. The molecule has 1 amide bonds. The number of carbonyl (C=O) groups excluding carboxylic acids is 1. The fourth-order valence-electron chi connectivity index (χ4n) is 3.74. The van der Waals surface area contributed by atoms with Gasteiger partial charge in [0.1, 0.15) is 12.6 Å². The zero-order chi connectivity index (χ0) is 28.7. The molecule has 1 aliphatic carbocycles. The molecule has 0 saturated heterocycles. The number of benzene rings is 2. The van der Waals surface area contributed by atoms with Gasteiger partial charge in [-0.15, -0.1) is 0 Å². The second-order valence-electron chi connectivity index (χ2n) is 9.32. The monoisotopic (exact) mass is 561 g/mol. The van der Waals surface area contributed by atoms with Crippen molar-refractivity contribution in [2.45, 2.75) is 75.5 Å². The van der Waals surface area contributed by atoms with Gasteiger partial charge in [0.2, 0.25) is 5.96 Å². The molecule has 0 bridgehead atoms. The van der Waals surface area contributed by atoms with Gasteiger partial charge >= 0.3 is 12.1 Å². The number of nitrogens with zero attached hydrogens (tertiary/aromatic N) is 1. The molecule has 0 heterocycles. The topological polar surface area (TPSA) is 186 Å². The first-order valence-corrected chi connectivity index (χ1v) is 14.4. The maximum absolute atomic E-state index is 12.3. The highest BCUT2D eigenvalue weighted by Crippen LogP contribution is 2.15. The molecule has 0 spiro atoms. The minimum Gasteiger partial charge on any atom is -0.480 e. The van der Waals surface area contributed by atoms with Crippen molar-refractivity contribution >= 4 is 28.0 Å². The third-order valence-corrected chi connectivity index (χ3v) is 7.33. The second-order valence-corrected chi connectivity index (χ2v) is 11.0. The summed E-state index contributed by atoms with van der Waals surface area (Å²) in [5.74, 6) is -1.54. The number of carboxylic acids is 1. The van der Waals surface area contributed by atoms with Crippen molar-refractivity contribution in [2.24, 2.45) is 16.5 Å². The van der Waals surface area contributed by atoms with E-state index in [0.29, 0.717) is 6.04 Å². The van der Waals surface area contributed by atoms with E-state index in [0.717, 1.165) is 11.1 Å². The van der Waals surface area contributed by atoms with Crippen molar-refractivity contribution in [3.63, 3.8) is 0 Å². The number of guanidine groups is 1. The fourth-order valence-corrected chi connectivity index (χ4v) is 4.69. The lowest BCUT2D eigenvalue weighted by atomic mass is 9.97. The highest BCUT2D eigenvalue weighted by molar-refractivity contribution is 7.90. The molecule has 2 aromatic carbocycles. The number of carbonyl (C=O) groups is 2. The van der Waals surface area contributed by atoms with Gasteiger partial charge in [-0.3, -0.25) is 4.99 Å². The van der Waals surface area contributed by atoms with Gasteiger partial charge in [0.25, 0.3) is 10.0 Å². The third kappa shape index (κ3) is 12.6. The number of carboxylic acid groups (broad SMARTS) is 1. The van der Waals surface area contributed by atoms with E-state index in [1.165, 1.54) is 44.2 Å². The number of aryl methyl sites for hydroxylation is 1. The summed E-state index contributed by atoms with van der Waals surface area (Å²) >= 11 is 0. The molecule has 0 aromatic heterocycles. The van der Waals surface area contributed by atoms with Gasteiger partial charge in [0.05, 0.1) is 4.90 Å². The average Bonchev–Trinajstić information content (AvgIpc) is 2.90. The predicted molar refractivity (Wildman–Crippen MR) is 149 cm³/mol. The van der Waals surface area contributed by atoms with Crippen LogP contribution in [0, 0.1) is 6.92 Å². The Bertz CT molecular complexity index is 1170. The van der Waals surface area contributed by atoms with Gasteiger partial charge in [0.15, 0.2) is 0 Å². The Kier molecular flexibility index (Phi) is 13.2. The molecule has 0 radical (unpaired) electrons. The molecule has 214 valence electrons. The van der Waals surface area contributed by atoms with Crippen LogP contribution in [0.4, 0.5) is 4.79 Å². The Morgan fingerprint density at radius 2 is 1.72 bits per heavy atom. The van der Waals surface area contributed by atoms with Gasteiger partial charge in [-0.2, -0.15) is 0 Å². The molecule has 1 aliphatic rings. The maximum atomic E-state index is 12.3. The highest BCUT2D eigenvalue weighted by Gasteiger charge is 2.20. The molecule has 12 heteroatoms. The quantitative estimate of drug-likeness (QED) is 0.166. The van der Waals surface area contributed by atoms with Crippen molar-refractivity contribution in [1.29, 1.82) is 0 Å². The molecule has 1 atom stereocenters. The van der Waals surface area contributed by atoms with Crippen molar-refractivity contribution in [3.8, 4) is 0 Å². The molecular formula is C27H39N5O6S. The smallest absolute Gasteiger partial charge is 0.408 e. The lowest BCUT2D eigenvalue weighted by molar-refractivity contribution is -0.139. The van der Waals surface area contributed by atoms with E-state index >= 15 is 0 Å². The van der Waals surface area contributed by atoms with E-state index in [2.05, 4.69) is 15.0 Å². The van der Waals surface area contributed by atoms with Crippen LogP contribution >= 0.6 is 0 Å². The largest absolute Gasteiger partial charge is 0.480 e. The summed E-state index contributed by atoms with van der Waals surface area (Å²) in [5, 5.41) is 11.6. The van der Waals surface area contributed by atoms with Crippen LogP contribution in [0.3, 0.4) is 0 Å². The summed E-state index contributed by atoms with van der Waals surface area (Å²) in [4.78, 5) is 27.2. The number of amides is 1. The van der Waals surface area contributed by atoms with Gasteiger partial charge in [-0.25, -0.2) is 22.7 Å². The van der Waals surface area contributed by atoms with E-state index in [-0.39, 0.29) is 36.8 Å². The molecule has 1 saturated carbocycles. The predicted octanol–water partition coefficient (Wildman–Crippen LogP) is 3.03. The fraction of sp³-hybridized carbons (Fsp3) is 0.444. The summed E-state index contributed by atoms with van der Waals surface area (Å²) in [7, 11) is -3.86. The summed E-state index contributed by atoms with van der Waals surface area (Å²) < 4.78 is 31.7. The Hall–Kier alpha value is -3.64. The van der Waals surface area contributed by atoms with Gasteiger partial charge < -0.3 is 26.6 Å². The minimum atomic E-state index is -3.86. The minimum absolute atomic E-state index is 0.0148. The standard InChI is InChI=1S/C21H26N4O6S.C6H13N/c1-15-9-11-17(12-10-15)32(29,30)25-20(22)23-13-5-8-18(19(26)27)24-21(28)31-14-16-6-3-2-4-7-16;7-6-4-2-1-3-5-6/h2-4,6-7,9-12,18H,5,8,13-14H2,1H3,(H,24,28)(H,26,27)(H3,22,23,25);6H,1-5,7H2. The molecule has 3 rings (SSSR count). The van der Waals surface area contributed by atoms with Crippen molar-refractivity contribution in [2.75, 3.05) is 6.54 Å². The number of hydrogen-bond acceptors (Lipinski definition) is 7. The first-order chi connectivity index (χ1) is 18.6. The molecule has 0 aliphatic heterocycles. The summed E-state index contributed by atoms with van der Waals surface area (Å²) in [6.45, 7) is 1.91. The number of ether oxygens (including phenoxy) is 1. The molecule has 11 nitrogen and oxygen atoms in total. The number of alkyl carbamates (subject to hydrolysis) is 1. The number of aliphatic imine (C=N–C) groups is 1. The van der Waals surface area contributed by atoms with Crippen molar-refractivity contribution < 1.29 is 27.9 Å². The lowest BCUT2D eigenvalue weighted by Gasteiger charge is -2.15. The summed E-state index contributed by atoms with van der Waals surface area (Å²) in [6.07, 6.45) is 6.10. The number of aliphatic carboxylic acids is 1. The van der Waals surface area contributed by atoms with E-state index in [1.54, 1.807) is 36.4 Å². The third-order valence-electron chi connectivity index (χ3n) is 5.96. The molecule has 2 aromatic rings. The number of rotatable bonds is 10. The van der Waals surface area contributed by atoms with Gasteiger partial charge in [-0.05, 0) is 50.3 Å². The number of sulfonamides is 1. The number of hydrogen-bond donors (Lipinski definition) is 5. The molecular weight excluding hydrogens is 522 g/mol. The van der Waals surface area contributed by atoms with Crippen LogP contribution in [-0.2, 0) is 26.2 Å². The summed E-state index contributed by atoms with van der Waals surface area (Å²) in [6, 6.07) is 14.5. The van der Waals surface area contributed by atoms with E-state index in [4.69, 9.17) is 16.2 Å². The first kappa shape index (κ1) is 31.6. The van der Waals surface area contributed by atoms with Crippen LogP contribution < -0.4 is 21.5 Å². The number of nitrogens with one attached hydrogen (secondary N) is 2. The van der Waals surface area contributed by atoms with E-state index in [9.17, 15) is 23.1 Å².